The molecule has 0 saturated carbocycles. The zero-order valence-corrected chi connectivity index (χ0v) is 13.1. The lowest BCUT2D eigenvalue weighted by atomic mass is 10.1. The summed E-state index contributed by atoms with van der Waals surface area (Å²) in [4.78, 5) is 12.3. The van der Waals surface area contributed by atoms with Crippen LogP contribution in [0.1, 0.15) is 27.0 Å². The van der Waals surface area contributed by atoms with Gasteiger partial charge < -0.3 is 5.32 Å². The summed E-state index contributed by atoms with van der Waals surface area (Å²) >= 11 is 3.45. The monoisotopic (exact) mass is 335 g/mol. The van der Waals surface area contributed by atoms with Gasteiger partial charge >= 0.3 is 0 Å². The van der Waals surface area contributed by atoms with Crippen LogP contribution in [0.2, 0.25) is 0 Å². The van der Waals surface area contributed by atoms with Gasteiger partial charge in [-0.15, -0.1) is 0 Å². The quantitative estimate of drug-likeness (QED) is 0.841. The predicted molar refractivity (Wildman–Crippen MR) is 82.7 cm³/mol. The molecule has 0 aliphatic rings. The molecule has 104 valence electrons. The summed E-state index contributed by atoms with van der Waals surface area (Å²) < 4.78 is 13.9. The van der Waals surface area contributed by atoms with Crippen LogP contribution in [0.3, 0.4) is 0 Å². The van der Waals surface area contributed by atoms with E-state index in [1.54, 1.807) is 6.92 Å². The Labute approximate surface area is 126 Å². The van der Waals surface area contributed by atoms with E-state index in [0.717, 1.165) is 21.3 Å². The van der Waals surface area contributed by atoms with Gasteiger partial charge in [-0.2, -0.15) is 0 Å². The van der Waals surface area contributed by atoms with Gasteiger partial charge in [-0.25, -0.2) is 4.39 Å². The molecule has 2 nitrogen and oxygen atoms in total. The minimum absolute atomic E-state index is 0.241. The highest BCUT2D eigenvalue weighted by atomic mass is 79.9. The molecule has 0 aliphatic carbocycles. The van der Waals surface area contributed by atoms with Crippen LogP contribution in [0.25, 0.3) is 0 Å². The van der Waals surface area contributed by atoms with Crippen molar-refractivity contribution in [3.8, 4) is 0 Å². The largest absolute Gasteiger partial charge is 0.321 e. The van der Waals surface area contributed by atoms with E-state index >= 15 is 0 Å². The zero-order chi connectivity index (χ0) is 14.9. The first-order chi connectivity index (χ1) is 9.38. The van der Waals surface area contributed by atoms with Crippen molar-refractivity contribution >= 4 is 27.5 Å². The Bertz CT molecular complexity index is 659. The minimum Gasteiger partial charge on any atom is -0.321 e. The molecule has 2 aromatic carbocycles. The van der Waals surface area contributed by atoms with E-state index in [2.05, 4.69) is 21.2 Å². The molecular formula is C16H15BrFNO. The van der Waals surface area contributed by atoms with Gasteiger partial charge in [0, 0.05) is 10.0 Å². The number of aryl methyl sites for hydroxylation is 3. The summed E-state index contributed by atoms with van der Waals surface area (Å²) in [6, 6.07) is 8.08. The van der Waals surface area contributed by atoms with Gasteiger partial charge in [-0.1, -0.05) is 6.07 Å². The first-order valence-corrected chi connectivity index (χ1v) is 7.02. The number of rotatable bonds is 2. The SMILES string of the molecule is Cc1cc(C)c(NC(=O)c2ccc(F)cc2C)c(Br)c1. The number of benzene rings is 2. The lowest BCUT2D eigenvalue weighted by molar-refractivity contribution is 0.102. The van der Waals surface area contributed by atoms with Crippen LogP contribution in [0.4, 0.5) is 10.1 Å². The molecule has 0 aromatic heterocycles. The van der Waals surface area contributed by atoms with Crippen LogP contribution in [-0.4, -0.2) is 5.91 Å². The van der Waals surface area contributed by atoms with Crippen LogP contribution in [-0.2, 0) is 0 Å². The third-order valence-electron chi connectivity index (χ3n) is 3.10. The molecule has 2 rings (SSSR count). The second-order valence-corrected chi connectivity index (χ2v) is 5.71. The first kappa shape index (κ1) is 14.7. The van der Waals surface area contributed by atoms with Crippen molar-refractivity contribution in [3.05, 3.63) is 62.9 Å². The van der Waals surface area contributed by atoms with E-state index in [4.69, 9.17) is 0 Å². The molecule has 0 bridgehead atoms. The van der Waals surface area contributed by atoms with Crippen molar-refractivity contribution in [1.82, 2.24) is 0 Å². The van der Waals surface area contributed by atoms with E-state index in [1.165, 1.54) is 18.2 Å². The van der Waals surface area contributed by atoms with Crippen molar-refractivity contribution in [2.45, 2.75) is 20.8 Å². The smallest absolute Gasteiger partial charge is 0.255 e. The number of hydrogen-bond acceptors (Lipinski definition) is 1. The van der Waals surface area contributed by atoms with E-state index in [0.29, 0.717) is 11.1 Å². The number of carbonyl (C=O) groups is 1. The van der Waals surface area contributed by atoms with Gasteiger partial charge in [0.25, 0.3) is 5.91 Å². The molecule has 0 unspecified atom stereocenters. The second-order valence-electron chi connectivity index (χ2n) is 4.85. The minimum atomic E-state index is -0.341. The topological polar surface area (TPSA) is 29.1 Å². The fraction of sp³-hybridized carbons (Fsp3) is 0.188. The van der Waals surface area contributed by atoms with Crippen LogP contribution >= 0.6 is 15.9 Å². The van der Waals surface area contributed by atoms with Gasteiger partial charge in [0.1, 0.15) is 5.82 Å². The normalized spacial score (nSPS) is 10.4. The Balaban J connectivity index is 2.33. The maximum atomic E-state index is 13.1. The zero-order valence-electron chi connectivity index (χ0n) is 11.6. The molecule has 0 aliphatic heterocycles. The number of amides is 1. The summed E-state index contributed by atoms with van der Waals surface area (Å²) in [6.07, 6.45) is 0. The molecule has 1 amide bonds. The Kier molecular flexibility index (Phi) is 4.23. The molecule has 0 saturated heterocycles. The highest BCUT2D eigenvalue weighted by Gasteiger charge is 2.13. The van der Waals surface area contributed by atoms with Crippen molar-refractivity contribution < 1.29 is 9.18 Å². The van der Waals surface area contributed by atoms with E-state index in [1.807, 2.05) is 26.0 Å². The molecule has 0 radical (unpaired) electrons. The number of halogens is 2. The van der Waals surface area contributed by atoms with Gasteiger partial charge in [0.2, 0.25) is 0 Å². The Morgan fingerprint density at radius 1 is 1.10 bits per heavy atom. The van der Waals surface area contributed by atoms with Crippen molar-refractivity contribution in [1.29, 1.82) is 0 Å². The predicted octanol–water partition coefficient (Wildman–Crippen LogP) is 4.77. The van der Waals surface area contributed by atoms with Gasteiger partial charge in [0.15, 0.2) is 0 Å². The highest BCUT2D eigenvalue weighted by Crippen LogP contribution is 2.28. The molecule has 0 fully saturated rings. The van der Waals surface area contributed by atoms with Gasteiger partial charge in [0.05, 0.1) is 5.69 Å². The molecule has 0 spiro atoms. The molecule has 1 N–H and O–H groups in total. The average Bonchev–Trinajstić information content (AvgIpc) is 2.33. The summed E-state index contributed by atoms with van der Waals surface area (Å²) in [5, 5.41) is 2.87. The van der Waals surface area contributed by atoms with E-state index in [9.17, 15) is 9.18 Å². The number of anilines is 1. The third kappa shape index (κ3) is 3.07. The average molecular weight is 336 g/mol. The number of carbonyl (C=O) groups excluding carboxylic acids is 1. The lowest BCUT2D eigenvalue weighted by Gasteiger charge is -2.13. The Morgan fingerprint density at radius 3 is 2.40 bits per heavy atom. The molecule has 2 aromatic rings. The second kappa shape index (κ2) is 5.75. The molecule has 4 heteroatoms. The van der Waals surface area contributed by atoms with E-state index < -0.39 is 0 Å². The van der Waals surface area contributed by atoms with Crippen LogP contribution in [0.5, 0.6) is 0 Å². The summed E-state index contributed by atoms with van der Waals surface area (Å²) in [7, 11) is 0. The Morgan fingerprint density at radius 2 is 1.80 bits per heavy atom. The highest BCUT2D eigenvalue weighted by molar-refractivity contribution is 9.10. The maximum Gasteiger partial charge on any atom is 0.255 e. The number of hydrogen-bond donors (Lipinski definition) is 1. The van der Waals surface area contributed by atoms with Gasteiger partial charge in [-0.05, 0) is 77.7 Å². The molecular weight excluding hydrogens is 321 g/mol. The van der Waals surface area contributed by atoms with Gasteiger partial charge in [-0.3, -0.25) is 4.79 Å². The fourth-order valence-corrected chi connectivity index (χ4v) is 2.91. The summed E-state index contributed by atoms with van der Waals surface area (Å²) in [6.45, 7) is 5.65. The third-order valence-corrected chi connectivity index (χ3v) is 3.73. The maximum absolute atomic E-state index is 13.1. The van der Waals surface area contributed by atoms with E-state index in [-0.39, 0.29) is 11.7 Å². The van der Waals surface area contributed by atoms with Crippen molar-refractivity contribution in [3.63, 3.8) is 0 Å². The molecule has 0 heterocycles. The first-order valence-electron chi connectivity index (χ1n) is 6.22. The molecule has 20 heavy (non-hydrogen) atoms. The Hall–Kier alpha value is -1.68. The van der Waals surface area contributed by atoms with Crippen LogP contribution in [0.15, 0.2) is 34.8 Å². The summed E-state index contributed by atoms with van der Waals surface area (Å²) in [5.41, 5.74) is 3.92. The molecule has 0 atom stereocenters. The van der Waals surface area contributed by atoms with Crippen molar-refractivity contribution in [2.24, 2.45) is 0 Å². The lowest BCUT2D eigenvalue weighted by Crippen LogP contribution is -2.14. The standard InChI is InChI=1S/C16H15BrFNO/c1-9-6-11(3)15(14(17)7-9)19-16(20)13-5-4-12(18)8-10(13)2/h4-8H,1-3H3,(H,19,20). The number of nitrogens with one attached hydrogen (secondary N) is 1. The fourth-order valence-electron chi connectivity index (χ4n) is 2.14. The van der Waals surface area contributed by atoms with Crippen molar-refractivity contribution in [2.75, 3.05) is 5.32 Å². The van der Waals surface area contributed by atoms with Crippen LogP contribution in [0, 0.1) is 26.6 Å². The summed E-state index contributed by atoms with van der Waals surface area (Å²) in [5.74, 6) is -0.582. The van der Waals surface area contributed by atoms with Crippen LogP contribution < -0.4 is 5.32 Å².